The number of carbonyl (C=O) groups excluding carboxylic acids is 2. The molecule has 166 valence electrons. The van der Waals surface area contributed by atoms with Gasteiger partial charge in [-0.15, -0.1) is 12.8 Å². The van der Waals surface area contributed by atoms with E-state index in [0.717, 1.165) is 59.8 Å². The Morgan fingerprint density at radius 2 is 1.90 bits per heavy atom. The summed E-state index contributed by atoms with van der Waals surface area (Å²) in [6, 6.07) is 13.7. The van der Waals surface area contributed by atoms with E-state index in [1.165, 1.54) is 0 Å². The van der Waals surface area contributed by atoms with Gasteiger partial charge in [0.25, 0.3) is 0 Å². The zero-order chi connectivity index (χ0) is 22.4. The fourth-order valence-corrected chi connectivity index (χ4v) is 4.69. The van der Waals surface area contributed by atoms with Gasteiger partial charge in [-0.25, -0.2) is 0 Å². The topological polar surface area (TPSA) is 75.4 Å². The molecule has 7 heteroatoms. The minimum atomic E-state index is -0.262. The van der Waals surface area contributed by atoms with Crippen LogP contribution in [0.25, 0.3) is 0 Å². The lowest BCUT2D eigenvalue weighted by molar-refractivity contribution is -0.134. The van der Waals surface area contributed by atoms with E-state index in [9.17, 15) is 9.59 Å². The highest BCUT2D eigenvalue weighted by molar-refractivity contribution is 7.77. The molecular formula is C24H30ClN3O2S. The zero-order valence-corrected chi connectivity index (χ0v) is 19.5. The van der Waals surface area contributed by atoms with Crippen LogP contribution in [0.2, 0.25) is 5.02 Å². The van der Waals surface area contributed by atoms with Gasteiger partial charge >= 0.3 is 0 Å². The molecular weight excluding hydrogens is 430 g/mol. The van der Waals surface area contributed by atoms with Crippen LogP contribution in [0.5, 0.6) is 0 Å². The summed E-state index contributed by atoms with van der Waals surface area (Å²) in [5, 5.41) is 7.85. The monoisotopic (exact) mass is 459 g/mol. The molecule has 2 aromatic rings. The summed E-state index contributed by atoms with van der Waals surface area (Å²) in [6.45, 7) is 3.88. The van der Waals surface area contributed by atoms with E-state index in [1.807, 2.05) is 47.4 Å². The molecule has 2 aromatic carbocycles. The number of thiol groups is 1. The van der Waals surface area contributed by atoms with Crippen LogP contribution >= 0.6 is 24.4 Å². The number of aryl methyl sites for hydroxylation is 1. The van der Waals surface area contributed by atoms with Gasteiger partial charge in [-0.2, -0.15) is 0 Å². The second-order valence-corrected chi connectivity index (χ2v) is 8.70. The number of nitrogens with one attached hydrogen (secondary N) is 1. The second kappa shape index (κ2) is 11.0. The predicted molar refractivity (Wildman–Crippen MR) is 129 cm³/mol. The van der Waals surface area contributed by atoms with E-state index in [4.69, 9.17) is 11.6 Å². The molecule has 2 amide bonds. The molecule has 1 fully saturated rings. The van der Waals surface area contributed by atoms with E-state index in [0.29, 0.717) is 18.8 Å². The molecule has 0 bridgehead atoms. The Morgan fingerprint density at radius 1 is 1.19 bits per heavy atom. The molecule has 2 heterocycles. The van der Waals surface area contributed by atoms with Gasteiger partial charge in [-0.3, -0.25) is 14.7 Å². The summed E-state index contributed by atoms with van der Waals surface area (Å²) in [5.41, 5.74) is 3.85. The zero-order valence-electron chi connectivity index (χ0n) is 17.8. The lowest BCUT2D eigenvalue weighted by atomic mass is 9.86. The van der Waals surface area contributed by atoms with Crippen molar-refractivity contribution in [1.29, 1.82) is 0 Å². The maximum absolute atomic E-state index is 13.6. The second-order valence-electron chi connectivity index (χ2n) is 8.29. The van der Waals surface area contributed by atoms with E-state index < -0.39 is 0 Å². The number of amides is 2. The number of nitrogens with two attached hydrogens (primary N) is 1. The van der Waals surface area contributed by atoms with Crippen LogP contribution in [-0.2, 0) is 22.4 Å². The Hall–Kier alpha value is -2.02. The van der Waals surface area contributed by atoms with Crippen molar-refractivity contribution in [1.82, 2.24) is 4.90 Å². The van der Waals surface area contributed by atoms with Crippen molar-refractivity contribution in [2.45, 2.75) is 44.9 Å². The molecule has 0 spiro atoms. The average Bonchev–Trinajstić information content (AvgIpc) is 3.17. The van der Waals surface area contributed by atoms with Crippen molar-refractivity contribution in [3.63, 3.8) is 0 Å². The summed E-state index contributed by atoms with van der Waals surface area (Å²) in [6.07, 6.45) is 3.86. The summed E-state index contributed by atoms with van der Waals surface area (Å²) < 4.78 is 0. The van der Waals surface area contributed by atoms with E-state index in [1.54, 1.807) is 0 Å². The van der Waals surface area contributed by atoms with Crippen LogP contribution in [0.3, 0.4) is 0 Å². The first-order valence-corrected chi connectivity index (χ1v) is 11.6. The summed E-state index contributed by atoms with van der Waals surface area (Å²) in [4.78, 5) is 27.6. The van der Waals surface area contributed by atoms with E-state index >= 15 is 0 Å². The highest BCUT2D eigenvalue weighted by Crippen LogP contribution is 2.35. The van der Waals surface area contributed by atoms with Gasteiger partial charge < -0.3 is 10.2 Å². The van der Waals surface area contributed by atoms with Gasteiger partial charge in [-0.05, 0) is 60.4 Å². The molecule has 2 aliphatic heterocycles. The molecule has 2 aliphatic rings. The molecule has 4 rings (SSSR count). The number of carbonyl (C=O) groups is 2. The highest BCUT2D eigenvalue weighted by Gasteiger charge is 2.32. The molecule has 0 aliphatic carbocycles. The Morgan fingerprint density at radius 3 is 2.61 bits per heavy atom. The van der Waals surface area contributed by atoms with Gasteiger partial charge in [-0.1, -0.05) is 48.9 Å². The minimum Gasteiger partial charge on any atom is -0.342 e. The number of likely N-dealkylation sites (tertiary alicyclic amines) is 1. The molecule has 0 saturated carbocycles. The Balaban J connectivity index is 0.00000132. The van der Waals surface area contributed by atoms with Gasteiger partial charge in [0.1, 0.15) is 0 Å². The van der Waals surface area contributed by atoms with Crippen molar-refractivity contribution in [3.05, 3.63) is 64.2 Å². The van der Waals surface area contributed by atoms with Gasteiger partial charge in [0.05, 0.1) is 12.3 Å². The highest BCUT2D eigenvalue weighted by atomic mass is 35.5. The van der Waals surface area contributed by atoms with Crippen LogP contribution in [0.15, 0.2) is 42.5 Å². The normalized spacial score (nSPS) is 16.8. The van der Waals surface area contributed by atoms with Gasteiger partial charge in [0, 0.05) is 23.8 Å². The first-order valence-electron chi connectivity index (χ1n) is 10.7. The lowest BCUT2D eigenvalue weighted by Gasteiger charge is -2.33. The number of nitrogens with zero attached hydrogens (tertiary/aromatic N) is 1. The summed E-state index contributed by atoms with van der Waals surface area (Å²) >= 11 is 9.39. The lowest BCUT2D eigenvalue weighted by Crippen LogP contribution is -2.41. The van der Waals surface area contributed by atoms with Crippen molar-refractivity contribution in [2.24, 2.45) is 11.1 Å². The number of hydrogen-bond donors (Lipinski definition) is 3. The standard InChI is InChI=1S/C24H27ClN2O2.H3NS/c1-16-11-13-27(14-12-16)24(29)19(10-9-17-5-2-3-7-21(17)25)18-6-4-8-22-20(18)15-23(28)26-22;1-2/h2-8,16,19H,9-15H2,1H3,(H,26,28);2H,1H2. The Labute approximate surface area is 194 Å². The maximum Gasteiger partial charge on any atom is 0.230 e. The SMILES string of the molecule is CC1CCN(C(=O)C(CCc2ccccc2Cl)c2cccc3c2CC(=O)N3)CC1.NS. The number of benzene rings is 2. The Kier molecular flexibility index (Phi) is 8.41. The first kappa shape index (κ1) is 23.6. The third-order valence-corrected chi connectivity index (χ3v) is 6.62. The number of rotatable bonds is 5. The molecule has 0 aromatic heterocycles. The van der Waals surface area contributed by atoms with Gasteiger partial charge in [0.15, 0.2) is 0 Å². The van der Waals surface area contributed by atoms with E-state index in [-0.39, 0.29) is 17.7 Å². The number of piperidine rings is 1. The van der Waals surface area contributed by atoms with Crippen LogP contribution < -0.4 is 10.5 Å². The van der Waals surface area contributed by atoms with E-state index in [2.05, 4.69) is 30.2 Å². The number of fused-ring (bicyclic) bond motifs is 1. The quantitative estimate of drug-likeness (QED) is 0.572. The van der Waals surface area contributed by atoms with Gasteiger partial charge in [0.2, 0.25) is 11.8 Å². The number of halogens is 1. The largest absolute Gasteiger partial charge is 0.342 e. The third kappa shape index (κ3) is 5.62. The third-order valence-electron chi connectivity index (χ3n) is 6.25. The first-order chi connectivity index (χ1) is 15.0. The molecule has 31 heavy (non-hydrogen) atoms. The predicted octanol–water partition coefficient (Wildman–Crippen LogP) is 4.60. The molecule has 0 radical (unpaired) electrons. The molecule has 5 nitrogen and oxygen atoms in total. The average molecular weight is 460 g/mol. The molecule has 3 N–H and O–H groups in total. The van der Waals surface area contributed by atoms with Crippen molar-refractivity contribution >= 4 is 41.9 Å². The number of anilines is 1. The smallest absolute Gasteiger partial charge is 0.230 e. The van der Waals surface area contributed by atoms with Crippen LogP contribution in [0, 0.1) is 5.92 Å². The minimum absolute atomic E-state index is 0.00319. The van der Waals surface area contributed by atoms with Crippen molar-refractivity contribution in [2.75, 3.05) is 18.4 Å². The van der Waals surface area contributed by atoms with Crippen molar-refractivity contribution < 1.29 is 9.59 Å². The molecule has 1 unspecified atom stereocenters. The van der Waals surface area contributed by atoms with Crippen LogP contribution in [0.1, 0.15) is 48.8 Å². The van der Waals surface area contributed by atoms with Crippen molar-refractivity contribution in [3.8, 4) is 0 Å². The molecule has 1 saturated heterocycles. The van der Waals surface area contributed by atoms with Crippen LogP contribution in [0.4, 0.5) is 5.69 Å². The Bertz CT molecular complexity index is 929. The maximum atomic E-state index is 13.6. The fraction of sp³-hybridized carbons (Fsp3) is 0.417. The summed E-state index contributed by atoms with van der Waals surface area (Å²) in [5.74, 6) is 0.582. The van der Waals surface area contributed by atoms with Crippen LogP contribution in [-0.4, -0.2) is 29.8 Å². The molecule has 1 atom stereocenters. The summed E-state index contributed by atoms with van der Waals surface area (Å²) in [7, 11) is 0. The number of hydrogen-bond acceptors (Lipinski definition) is 4. The fourth-order valence-electron chi connectivity index (χ4n) is 4.46.